The van der Waals surface area contributed by atoms with Crippen LogP contribution in [0.15, 0.2) is 16.5 Å². The fourth-order valence-electron chi connectivity index (χ4n) is 3.28. The van der Waals surface area contributed by atoms with E-state index in [1.54, 1.807) is 14.2 Å². The summed E-state index contributed by atoms with van der Waals surface area (Å²) in [6.45, 7) is 1.63. The Bertz CT molecular complexity index is 741. The summed E-state index contributed by atoms with van der Waals surface area (Å²) < 4.78 is 16.6. The summed E-state index contributed by atoms with van der Waals surface area (Å²) in [5.74, 6) is 3.21. The quantitative estimate of drug-likeness (QED) is 0.897. The number of ether oxygens (including phenoxy) is 2. The molecule has 7 nitrogen and oxygen atoms in total. The zero-order valence-corrected chi connectivity index (χ0v) is 13.9. The molecule has 24 heavy (non-hydrogen) atoms. The lowest BCUT2D eigenvalue weighted by Gasteiger charge is -2.33. The molecule has 1 fully saturated rings. The Kier molecular flexibility index (Phi) is 3.90. The van der Waals surface area contributed by atoms with Crippen LogP contribution in [0.5, 0.6) is 11.5 Å². The Morgan fingerprint density at radius 1 is 1.21 bits per heavy atom. The van der Waals surface area contributed by atoms with Gasteiger partial charge in [-0.15, -0.1) is 10.2 Å². The SMILES string of the molecule is COc1ccc(OC)c2c1CN(Cc1nnc(C3CC3)o1)CC2O. The fourth-order valence-corrected chi connectivity index (χ4v) is 3.28. The number of aliphatic hydroxyl groups is 1. The van der Waals surface area contributed by atoms with Gasteiger partial charge < -0.3 is 19.0 Å². The average molecular weight is 331 g/mol. The topological polar surface area (TPSA) is 80.9 Å². The Morgan fingerprint density at radius 2 is 1.96 bits per heavy atom. The van der Waals surface area contributed by atoms with Gasteiger partial charge >= 0.3 is 0 Å². The smallest absolute Gasteiger partial charge is 0.230 e. The summed E-state index contributed by atoms with van der Waals surface area (Å²) in [5, 5.41) is 18.9. The van der Waals surface area contributed by atoms with Gasteiger partial charge in [0, 0.05) is 30.1 Å². The van der Waals surface area contributed by atoms with Crippen LogP contribution in [0.4, 0.5) is 0 Å². The first-order chi connectivity index (χ1) is 11.7. The van der Waals surface area contributed by atoms with Crippen molar-refractivity contribution >= 4 is 0 Å². The van der Waals surface area contributed by atoms with Gasteiger partial charge in [-0.05, 0) is 25.0 Å². The number of hydrogen-bond donors (Lipinski definition) is 1. The van der Waals surface area contributed by atoms with Crippen LogP contribution in [0, 0.1) is 0 Å². The van der Waals surface area contributed by atoms with Crippen molar-refractivity contribution in [2.75, 3.05) is 20.8 Å². The van der Waals surface area contributed by atoms with Crippen LogP contribution in [0.1, 0.15) is 47.8 Å². The molecule has 2 heterocycles. The largest absolute Gasteiger partial charge is 0.496 e. The minimum absolute atomic E-state index is 0.447. The molecule has 7 heteroatoms. The number of aromatic nitrogens is 2. The zero-order chi connectivity index (χ0) is 16.7. The van der Waals surface area contributed by atoms with Gasteiger partial charge in [0.15, 0.2) is 0 Å². The van der Waals surface area contributed by atoms with Crippen molar-refractivity contribution in [1.82, 2.24) is 15.1 Å². The molecular formula is C17H21N3O4. The summed E-state index contributed by atoms with van der Waals surface area (Å²) >= 11 is 0. The number of nitrogens with zero attached hydrogens (tertiary/aromatic N) is 3. The monoisotopic (exact) mass is 331 g/mol. The second-order valence-corrected chi connectivity index (χ2v) is 6.36. The van der Waals surface area contributed by atoms with E-state index in [1.807, 2.05) is 12.1 Å². The number of benzene rings is 1. The van der Waals surface area contributed by atoms with E-state index in [2.05, 4.69) is 15.1 Å². The summed E-state index contributed by atoms with van der Waals surface area (Å²) in [7, 11) is 3.24. The zero-order valence-electron chi connectivity index (χ0n) is 13.9. The number of β-amino-alcohol motifs (C(OH)–C–C–N with tert-alkyl or cyclic N) is 1. The normalized spacial score (nSPS) is 20.7. The molecule has 2 aliphatic rings. The van der Waals surface area contributed by atoms with E-state index in [9.17, 15) is 5.11 Å². The maximum Gasteiger partial charge on any atom is 0.230 e. The average Bonchev–Trinajstić information content (AvgIpc) is 3.34. The van der Waals surface area contributed by atoms with E-state index in [1.165, 1.54) is 0 Å². The third-order valence-electron chi connectivity index (χ3n) is 4.63. The molecule has 128 valence electrons. The van der Waals surface area contributed by atoms with Gasteiger partial charge in [0.1, 0.15) is 11.5 Å². The molecule has 1 aromatic heterocycles. The molecule has 0 radical (unpaired) electrons. The Hall–Kier alpha value is -2.12. The van der Waals surface area contributed by atoms with E-state index in [0.29, 0.717) is 37.2 Å². The third kappa shape index (κ3) is 2.74. The number of methoxy groups -OCH3 is 2. The standard InChI is InChI=1S/C17H21N3O4/c1-22-13-5-6-14(23-2)16-11(13)7-20(8-12(16)21)9-15-18-19-17(24-15)10-3-4-10/h5-6,10,12,21H,3-4,7-9H2,1-2H3. The highest BCUT2D eigenvalue weighted by Gasteiger charge is 2.32. The van der Waals surface area contributed by atoms with Gasteiger partial charge in [-0.1, -0.05) is 0 Å². The summed E-state index contributed by atoms with van der Waals surface area (Å²) in [6.07, 6.45) is 1.62. The molecule has 1 aliphatic heterocycles. The van der Waals surface area contributed by atoms with E-state index in [4.69, 9.17) is 13.9 Å². The minimum atomic E-state index is -0.648. The summed E-state index contributed by atoms with van der Waals surface area (Å²) in [6, 6.07) is 3.70. The van der Waals surface area contributed by atoms with Gasteiger partial charge in [-0.3, -0.25) is 4.90 Å². The number of hydrogen-bond acceptors (Lipinski definition) is 7. The third-order valence-corrected chi connectivity index (χ3v) is 4.63. The summed E-state index contributed by atoms with van der Waals surface area (Å²) in [5.41, 5.74) is 1.75. The molecule has 0 amide bonds. The highest BCUT2D eigenvalue weighted by atomic mass is 16.5. The van der Waals surface area contributed by atoms with Crippen LogP contribution in [-0.4, -0.2) is 41.0 Å². The molecule has 1 aliphatic carbocycles. The first-order valence-corrected chi connectivity index (χ1v) is 8.16. The van der Waals surface area contributed by atoms with Crippen LogP contribution in [0.3, 0.4) is 0 Å². The van der Waals surface area contributed by atoms with Crippen LogP contribution < -0.4 is 9.47 Å². The molecule has 1 saturated carbocycles. The fraction of sp³-hybridized carbons (Fsp3) is 0.529. The first-order valence-electron chi connectivity index (χ1n) is 8.16. The van der Waals surface area contributed by atoms with E-state index in [0.717, 1.165) is 35.6 Å². The summed E-state index contributed by atoms with van der Waals surface area (Å²) in [4.78, 5) is 2.08. The van der Waals surface area contributed by atoms with Crippen molar-refractivity contribution < 1.29 is 19.0 Å². The molecule has 1 atom stereocenters. The highest BCUT2D eigenvalue weighted by Crippen LogP contribution is 2.41. The number of aliphatic hydroxyl groups excluding tert-OH is 1. The van der Waals surface area contributed by atoms with Gasteiger partial charge in [0.05, 0.1) is 26.9 Å². The Balaban J connectivity index is 1.57. The molecule has 1 aromatic carbocycles. The Morgan fingerprint density at radius 3 is 2.67 bits per heavy atom. The maximum atomic E-state index is 10.6. The predicted octanol–water partition coefficient (Wildman–Crippen LogP) is 2.01. The minimum Gasteiger partial charge on any atom is -0.496 e. The lowest BCUT2D eigenvalue weighted by molar-refractivity contribution is 0.0790. The van der Waals surface area contributed by atoms with Crippen LogP contribution in [0.2, 0.25) is 0 Å². The molecule has 0 spiro atoms. The first kappa shape index (κ1) is 15.4. The van der Waals surface area contributed by atoms with Crippen molar-refractivity contribution in [3.8, 4) is 11.5 Å². The molecule has 1 N–H and O–H groups in total. The van der Waals surface area contributed by atoms with Crippen LogP contribution in [0.25, 0.3) is 0 Å². The Labute approximate surface area is 140 Å². The van der Waals surface area contributed by atoms with Crippen LogP contribution in [-0.2, 0) is 13.1 Å². The van der Waals surface area contributed by atoms with Crippen molar-refractivity contribution in [2.24, 2.45) is 0 Å². The van der Waals surface area contributed by atoms with Gasteiger partial charge in [0.25, 0.3) is 0 Å². The molecule has 4 rings (SSSR count). The molecule has 0 saturated heterocycles. The van der Waals surface area contributed by atoms with E-state index in [-0.39, 0.29) is 0 Å². The van der Waals surface area contributed by atoms with E-state index >= 15 is 0 Å². The number of rotatable bonds is 5. The maximum absolute atomic E-state index is 10.6. The highest BCUT2D eigenvalue weighted by molar-refractivity contribution is 5.51. The molecule has 1 unspecified atom stereocenters. The van der Waals surface area contributed by atoms with Crippen LogP contribution >= 0.6 is 0 Å². The number of fused-ring (bicyclic) bond motifs is 1. The second kappa shape index (κ2) is 6.07. The lowest BCUT2D eigenvalue weighted by atomic mass is 9.95. The lowest BCUT2D eigenvalue weighted by Crippen LogP contribution is -2.33. The molecular weight excluding hydrogens is 310 g/mol. The van der Waals surface area contributed by atoms with Gasteiger partial charge in [0.2, 0.25) is 11.8 Å². The molecule has 2 aromatic rings. The van der Waals surface area contributed by atoms with E-state index < -0.39 is 6.10 Å². The molecule has 0 bridgehead atoms. The predicted molar refractivity (Wildman–Crippen MR) is 84.9 cm³/mol. The van der Waals surface area contributed by atoms with Crippen molar-refractivity contribution in [3.63, 3.8) is 0 Å². The van der Waals surface area contributed by atoms with Gasteiger partial charge in [-0.2, -0.15) is 0 Å². The van der Waals surface area contributed by atoms with Gasteiger partial charge in [-0.25, -0.2) is 0 Å². The second-order valence-electron chi connectivity index (χ2n) is 6.36. The van der Waals surface area contributed by atoms with Crippen molar-refractivity contribution in [1.29, 1.82) is 0 Å². The van der Waals surface area contributed by atoms with Crippen molar-refractivity contribution in [3.05, 3.63) is 35.0 Å². The van der Waals surface area contributed by atoms with Crippen molar-refractivity contribution in [2.45, 2.75) is 38.0 Å².